The summed E-state index contributed by atoms with van der Waals surface area (Å²) in [6.45, 7) is 2.70. The molecular formula is C27H34N4O5. The number of aryl methyl sites for hydroxylation is 1. The summed E-state index contributed by atoms with van der Waals surface area (Å²) in [6, 6.07) is 15.1. The Morgan fingerprint density at radius 2 is 1.78 bits per heavy atom. The number of carbonyl (C=O) groups excluding carboxylic acids is 4. The number of para-hydroxylation sites is 1. The van der Waals surface area contributed by atoms with Gasteiger partial charge >= 0.3 is 0 Å². The number of amides is 4. The Bertz CT molecular complexity index is 1040. The number of carbonyl (C=O) groups is 4. The van der Waals surface area contributed by atoms with E-state index in [-0.39, 0.29) is 37.2 Å². The number of nitrogens with one attached hydrogen (secondary N) is 4. The number of ether oxygens (including phenoxy) is 1. The maximum absolute atomic E-state index is 13.1. The zero-order chi connectivity index (χ0) is 25.8. The highest BCUT2D eigenvalue weighted by Gasteiger charge is 2.25. The summed E-state index contributed by atoms with van der Waals surface area (Å²) in [5, 5.41) is 11.0. The largest absolute Gasteiger partial charge is 0.493 e. The van der Waals surface area contributed by atoms with Crippen molar-refractivity contribution in [2.75, 3.05) is 19.7 Å². The highest BCUT2D eigenvalue weighted by atomic mass is 16.5. The van der Waals surface area contributed by atoms with Crippen LogP contribution in [0.5, 0.6) is 5.75 Å². The SMILES string of the molecule is C[C@@H]1NC(=O)CC[C@@H](C(=O)NCCCc2ccccc2)NC(=O)c2ccccc2OCCCNC1=O. The van der Waals surface area contributed by atoms with Crippen molar-refractivity contribution in [1.29, 1.82) is 0 Å². The van der Waals surface area contributed by atoms with E-state index in [1.54, 1.807) is 31.2 Å². The molecule has 0 aromatic heterocycles. The second kappa shape index (κ2) is 13.9. The van der Waals surface area contributed by atoms with Crippen LogP contribution in [-0.2, 0) is 20.8 Å². The smallest absolute Gasteiger partial charge is 0.255 e. The van der Waals surface area contributed by atoms with Crippen molar-refractivity contribution in [2.24, 2.45) is 0 Å². The predicted molar refractivity (Wildman–Crippen MR) is 135 cm³/mol. The first-order chi connectivity index (χ1) is 17.4. The van der Waals surface area contributed by atoms with Crippen LogP contribution < -0.4 is 26.0 Å². The summed E-state index contributed by atoms with van der Waals surface area (Å²) in [7, 11) is 0. The van der Waals surface area contributed by atoms with E-state index in [2.05, 4.69) is 21.3 Å². The van der Waals surface area contributed by atoms with Crippen LogP contribution in [0.1, 0.15) is 48.5 Å². The Morgan fingerprint density at radius 1 is 1.03 bits per heavy atom. The molecule has 4 amide bonds. The van der Waals surface area contributed by atoms with Gasteiger partial charge in [-0.05, 0) is 50.3 Å². The molecule has 0 spiro atoms. The summed E-state index contributed by atoms with van der Waals surface area (Å²) in [5.41, 5.74) is 1.48. The first kappa shape index (κ1) is 26.7. The van der Waals surface area contributed by atoms with E-state index in [0.717, 1.165) is 12.8 Å². The van der Waals surface area contributed by atoms with Gasteiger partial charge < -0.3 is 26.0 Å². The molecule has 1 aliphatic heterocycles. The Morgan fingerprint density at radius 3 is 2.58 bits per heavy atom. The van der Waals surface area contributed by atoms with Gasteiger partial charge in [-0.25, -0.2) is 0 Å². The lowest BCUT2D eigenvalue weighted by atomic mass is 10.1. The number of benzene rings is 2. The lowest BCUT2D eigenvalue weighted by Crippen LogP contribution is -2.49. The van der Waals surface area contributed by atoms with Gasteiger partial charge in [-0.2, -0.15) is 0 Å². The van der Waals surface area contributed by atoms with Gasteiger partial charge in [-0.15, -0.1) is 0 Å². The van der Waals surface area contributed by atoms with E-state index in [4.69, 9.17) is 4.74 Å². The van der Waals surface area contributed by atoms with Crippen molar-refractivity contribution in [2.45, 2.75) is 51.1 Å². The summed E-state index contributed by atoms with van der Waals surface area (Å²) in [4.78, 5) is 50.7. The molecule has 0 unspecified atom stereocenters. The standard InChI is InChI=1S/C27H34N4O5/c1-19-25(33)28-17-8-18-36-23-13-6-5-12-21(23)26(34)31-22(14-15-24(32)30-19)27(35)29-16-7-11-20-9-3-2-4-10-20/h2-6,9-10,12-13,19,22H,7-8,11,14-18H2,1H3,(H,28,33)(H,29,35)(H,30,32)(H,31,34)/t19-,22-/m0/s1. The fourth-order valence-corrected chi connectivity index (χ4v) is 3.83. The van der Waals surface area contributed by atoms with Crippen molar-refractivity contribution in [1.82, 2.24) is 21.3 Å². The minimum absolute atomic E-state index is 0.0296. The van der Waals surface area contributed by atoms with Crippen LogP contribution in [0.4, 0.5) is 0 Å². The molecule has 192 valence electrons. The van der Waals surface area contributed by atoms with Gasteiger partial charge in [0.2, 0.25) is 17.7 Å². The predicted octanol–water partition coefficient (Wildman–Crippen LogP) is 1.72. The Kier molecular flexibility index (Phi) is 10.3. The van der Waals surface area contributed by atoms with Crippen LogP contribution in [0, 0.1) is 0 Å². The van der Waals surface area contributed by atoms with Gasteiger partial charge in [0.1, 0.15) is 17.8 Å². The zero-order valence-corrected chi connectivity index (χ0v) is 20.5. The molecule has 2 aromatic carbocycles. The van der Waals surface area contributed by atoms with Crippen LogP contribution >= 0.6 is 0 Å². The van der Waals surface area contributed by atoms with Crippen molar-refractivity contribution in [3.8, 4) is 5.75 Å². The lowest BCUT2D eigenvalue weighted by molar-refractivity contribution is -0.129. The van der Waals surface area contributed by atoms with E-state index >= 15 is 0 Å². The van der Waals surface area contributed by atoms with E-state index < -0.39 is 18.0 Å². The molecule has 2 atom stereocenters. The molecule has 9 heteroatoms. The molecule has 9 nitrogen and oxygen atoms in total. The molecule has 36 heavy (non-hydrogen) atoms. The fourth-order valence-electron chi connectivity index (χ4n) is 3.83. The minimum Gasteiger partial charge on any atom is -0.493 e. The van der Waals surface area contributed by atoms with Crippen LogP contribution in [0.3, 0.4) is 0 Å². The molecule has 0 saturated heterocycles. The van der Waals surface area contributed by atoms with E-state index in [9.17, 15) is 19.2 Å². The summed E-state index contributed by atoms with van der Waals surface area (Å²) < 4.78 is 5.77. The molecule has 0 fully saturated rings. The molecule has 2 aromatic rings. The summed E-state index contributed by atoms with van der Waals surface area (Å²) in [6.07, 6.45) is 2.12. The van der Waals surface area contributed by atoms with Gasteiger partial charge in [0.25, 0.3) is 5.91 Å². The minimum atomic E-state index is -0.926. The molecule has 4 N–H and O–H groups in total. The molecule has 1 aliphatic rings. The van der Waals surface area contributed by atoms with Crippen molar-refractivity contribution >= 4 is 23.6 Å². The lowest BCUT2D eigenvalue weighted by Gasteiger charge is -2.21. The quantitative estimate of drug-likeness (QED) is 0.471. The van der Waals surface area contributed by atoms with Gasteiger partial charge in [-0.1, -0.05) is 42.5 Å². The van der Waals surface area contributed by atoms with Gasteiger partial charge in [0.15, 0.2) is 0 Å². The molecule has 0 radical (unpaired) electrons. The third-order valence-electron chi connectivity index (χ3n) is 5.85. The highest BCUT2D eigenvalue weighted by molar-refractivity contribution is 5.99. The van der Waals surface area contributed by atoms with Gasteiger partial charge in [0, 0.05) is 19.5 Å². The number of fused-ring (bicyclic) bond motifs is 1. The van der Waals surface area contributed by atoms with Crippen molar-refractivity contribution < 1.29 is 23.9 Å². The topological polar surface area (TPSA) is 126 Å². The third-order valence-corrected chi connectivity index (χ3v) is 5.85. The molecule has 0 saturated carbocycles. The number of hydrogen-bond acceptors (Lipinski definition) is 5. The Hall–Kier alpha value is -3.88. The third kappa shape index (κ3) is 8.41. The molecule has 0 bridgehead atoms. The van der Waals surface area contributed by atoms with E-state index in [1.165, 1.54) is 5.56 Å². The summed E-state index contributed by atoms with van der Waals surface area (Å²) >= 11 is 0. The van der Waals surface area contributed by atoms with Crippen LogP contribution in [0.15, 0.2) is 54.6 Å². The molecular weight excluding hydrogens is 460 g/mol. The van der Waals surface area contributed by atoms with Crippen molar-refractivity contribution in [3.63, 3.8) is 0 Å². The first-order valence-electron chi connectivity index (χ1n) is 12.4. The van der Waals surface area contributed by atoms with E-state index in [1.807, 2.05) is 30.3 Å². The second-order valence-corrected chi connectivity index (χ2v) is 8.72. The monoisotopic (exact) mass is 494 g/mol. The molecule has 3 rings (SSSR count). The average Bonchev–Trinajstić information content (AvgIpc) is 2.88. The van der Waals surface area contributed by atoms with Crippen LogP contribution in [0.25, 0.3) is 0 Å². The normalized spacial score (nSPS) is 19.6. The highest BCUT2D eigenvalue weighted by Crippen LogP contribution is 2.18. The first-order valence-corrected chi connectivity index (χ1v) is 12.4. The maximum atomic E-state index is 13.1. The van der Waals surface area contributed by atoms with Gasteiger partial charge in [-0.3, -0.25) is 19.2 Å². The van der Waals surface area contributed by atoms with Crippen LogP contribution in [0.2, 0.25) is 0 Å². The number of rotatable bonds is 5. The Labute approximate surface area is 211 Å². The van der Waals surface area contributed by atoms with Gasteiger partial charge in [0.05, 0.1) is 12.2 Å². The fraction of sp³-hybridized carbons (Fsp3) is 0.407. The number of hydrogen-bond donors (Lipinski definition) is 4. The van der Waals surface area contributed by atoms with E-state index in [0.29, 0.717) is 30.8 Å². The zero-order valence-electron chi connectivity index (χ0n) is 20.5. The van der Waals surface area contributed by atoms with Crippen molar-refractivity contribution in [3.05, 3.63) is 65.7 Å². The molecule has 0 aliphatic carbocycles. The molecule has 1 heterocycles. The van der Waals surface area contributed by atoms with Crippen LogP contribution in [-0.4, -0.2) is 55.4 Å². The summed E-state index contributed by atoms with van der Waals surface area (Å²) in [5.74, 6) is -1.10. The maximum Gasteiger partial charge on any atom is 0.255 e. The Balaban J connectivity index is 1.68. The second-order valence-electron chi connectivity index (χ2n) is 8.72. The average molecular weight is 495 g/mol.